The molecule has 0 aliphatic rings. The van der Waals surface area contributed by atoms with E-state index < -0.39 is 0 Å². The molecule has 1 amide bonds. The number of benzene rings is 3. The summed E-state index contributed by atoms with van der Waals surface area (Å²) in [5.74, 6) is 1.28. The van der Waals surface area contributed by atoms with Crippen molar-refractivity contribution in [3.63, 3.8) is 0 Å². The molecule has 4 rings (SSSR count). The van der Waals surface area contributed by atoms with Crippen molar-refractivity contribution in [1.82, 2.24) is 4.98 Å². The maximum Gasteiger partial charge on any atom is 0.250 e. The summed E-state index contributed by atoms with van der Waals surface area (Å²) in [6.45, 7) is 0.517. The molecule has 4 aromatic rings. The fourth-order valence-corrected chi connectivity index (χ4v) is 3.76. The highest BCUT2D eigenvalue weighted by atomic mass is 32.1. The molecule has 0 atom stereocenters. The number of methoxy groups -OCH3 is 1. The van der Waals surface area contributed by atoms with Gasteiger partial charge in [0.15, 0.2) is 5.13 Å². The number of thiazole rings is 1. The van der Waals surface area contributed by atoms with E-state index in [1.165, 1.54) is 17.4 Å². The number of nitrogens with zero attached hydrogens (tertiary/aromatic N) is 1. The van der Waals surface area contributed by atoms with Crippen LogP contribution in [0.3, 0.4) is 0 Å². The third-order valence-electron chi connectivity index (χ3n) is 4.67. The monoisotopic (exact) mass is 442 g/mol. The highest BCUT2D eigenvalue weighted by Crippen LogP contribution is 2.31. The van der Waals surface area contributed by atoms with E-state index in [4.69, 9.17) is 9.47 Å². The molecule has 0 unspecified atom stereocenters. The van der Waals surface area contributed by atoms with E-state index in [-0.39, 0.29) is 5.91 Å². The number of carbonyl (C=O) groups excluding carboxylic acids is 1. The summed E-state index contributed by atoms with van der Waals surface area (Å²) in [4.78, 5) is 16.8. The van der Waals surface area contributed by atoms with Crippen molar-refractivity contribution in [3.05, 3.63) is 101 Å². The summed E-state index contributed by atoms with van der Waals surface area (Å²) in [7, 11) is 1.63. The molecule has 0 aliphatic heterocycles. The molecule has 3 aromatic carbocycles. The zero-order valence-electron chi connectivity index (χ0n) is 17.5. The first-order valence-electron chi connectivity index (χ1n) is 10.1. The van der Waals surface area contributed by atoms with Gasteiger partial charge in [-0.25, -0.2) is 4.98 Å². The standard InChI is InChI=1S/C26H22N2O3S/c1-30-24-10-6-5-9-22(24)23-18-32-26(27-23)28-25(29)16-13-19-11-14-21(15-12-19)31-17-20-7-3-2-4-8-20/h2-16,18H,17H2,1H3,(H,27,28,29)/b16-13+. The number of carbonyl (C=O) groups is 1. The van der Waals surface area contributed by atoms with Gasteiger partial charge in [0.05, 0.1) is 12.8 Å². The van der Waals surface area contributed by atoms with Crippen LogP contribution in [0.15, 0.2) is 90.3 Å². The Kier molecular flexibility index (Phi) is 6.94. The molecule has 1 aromatic heterocycles. The third kappa shape index (κ3) is 5.62. The normalized spacial score (nSPS) is 10.8. The fourth-order valence-electron chi connectivity index (χ4n) is 3.05. The van der Waals surface area contributed by atoms with Gasteiger partial charge in [-0.15, -0.1) is 11.3 Å². The Morgan fingerprint density at radius 1 is 1.00 bits per heavy atom. The SMILES string of the molecule is COc1ccccc1-c1csc(NC(=O)/C=C/c2ccc(OCc3ccccc3)cc2)n1. The molecule has 0 fully saturated rings. The van der Waals surface area contributed by atoms with Gasteiger partial charge in [-0.2, -0.15) is 0 Å². The van der Waals surface area contributed by atoms with Crippen LogP contribution in [-0.4, -0.2) is 18.0 Å². The molecule has 0 saturated heterocycles. The van der Waals surface area contributed by atoms with E-state index in [9.17, 15) is 4.79 Å². The molecular weight excluding hydrogens is 420 g/mol. The van der Waals surface area contributed by atoms with Gasteiger partial charge in [-0.05, 0) is 41.5 Å². The zero-order valence-corrected chi connectivity index (χ0v) is 18.3. The first kappa shape index (κ1) is 21.3. The van der Waals surface area contributed by atoms with Crippen LogP contribution in [-0.2, 0) is 11.4 Å². The van der Waals surface area contributed by atoms with Crippen molar-refractivity contribution in [3.8, 4) is 22.8 Å². The Morgan fingerprint density at radius 3 is 2.53 bits per heavy atom. The Balaban J connectivity index is 1.32. The number of ether oxygens (including phenoxy) is 2. The molecular formula is C26H22N2O3S. The summed E-state index contributed by atoms with van der Waals surface area (Å²) < 4.78 is 11.2. The second-order valence-corrected chi connectivity index (χ2v) is 7.76. The number of anilines is 1. The smallest absolute Gasteiger partial charge is 0.250 e. The molecule has 0 radical (unpaired) electrons. The number of rotatable bonds is 8. The van der Waals surface area contributed by atoms with Gasteiger partial charge in [0, 0.05) is 17.0 Å². The minimum Gasteiger partial charge on any atom is -0.496 e. The molecule has 0 bridgehead atoms. The van der Waals surface area contributed by atoms with E-state index in [0.29, 0.717) is 11.7 Å². The van der Waals surface area contributed by atoms with Crippen molar-refractivity contribution in [2.24, 2.45) is 0 Å². The Morgan fingerprint density at radius 2 is 1.75 bits per heavy atom. The molecule has 160 valence electrons. The van der Waals surface area contributed by atoms with Crippen molar-refractivity contribution in [1.29, 1.82) is 0 Å². The first-order valence-corrected chi connectivity index (χ1v) is 10.9. The van der Waals surface area contributed by atoms with Gasteiger partial charge in [0.25, 0.3) is 0 Å². The molecule has 0 saturated carbocycles. The Bertz CT molecular complexity index is 1200. The minimum atomic E-state index is -0.240. The van der Waals surface area contributed by atoms with Crippen LogP contribution in [0.2, 0.25) is 0 Å². The summed E-state index contributed by atoms with van der Waals surface area (Å²) in [5.41, 5.74) is 3.67. The average Bonchev–Trinajstić information content (AvgIpc) is 3.31. The zero-order chi connectivity index (χ0) is 22.2. The van der Waals surface area contributed by atoms with Gasteiger partial charge in [-0.1, -0.05) is 54.6 Å². The lowest BCUT2D eigenvalue weighted by molar-refractivity contribution is -0.111. The first-order chi connectivity index (χ1) is 15.7. The van der Waals surface area contributed by atoms with Crippen LogP contribution in [0.25, 0.3) is 17.3 Å². The predicted octanol–water partition coefficient (Wildman–Crippen LogP) is 6.05. The Labute approximate surface area is 191 Å². The van der Waals surface area contributed by atoms with Crippen LogP contribution in [0.1, 0.15) is 11.1 Å². The fraction of sp³-hybridized carbons (Fsp3) is 0.0769. The van der Waals surface area contributed by atoms with Crippen LogP contribution in [0, 0.1) is 0 Å². The number of amides is 1. The number of hydrogen-bond donors (Lipinski definition) is 1. The summed E-state index contributed by atoms with van der Waals surface area (Å²) in [6.07, 6.45) is 3.25. The van der Waals surface area contributed by atoms with E-state index in [0.717, 1.165) is 33.9 Å². The summed E-state index contributed by atoms with van der Waals surface area (Å²) in [6, 6.07) is 25.3. The predicted molar refractivity (Wildman–Crippen MR) is 129 cm³/mol. The van der Waals surface area contributed by atoms with Gasteiger partial charge in [-0.3, -0.25) is 10.1 Å². The molecule has 0 aliphatic carbocycles. The molecule has 6 heteroatoms. The quantitative estimate of drug-likeness (QED) is 0.338. The van der Waals surface area contributed by atoms with Gasteiger partial charge >= 0.3 is 0 Å². The lowest BCUT2D eigenvalue weighted by Gasteiger charge is -2.06. The van der Waals surface area contributed by atoms with Crippen molar-refractivity contribution < 1.29 is 14.3 Å². The lowest BCUT2D eigenvalue weighted by atomic mass is 10.1. The van der Waals surface area contributed by atoms with E-state index in [2.05, 4.69) is 10.3 Å². The second kappa shape index (κ2) is 10.4. The maximum atomic E-state index is 12.3. The topological polar surface area (TPSA) is 60.5 Å². The molecule has 1 N–H and O–H groups in total. The number of hydrogen-bond acceptors (Lipinski definition) is 5. The number of para-hydroxylation sites is 1. The van der Waals surface area contributed by atoms with Crippen molar-refractivity contribution in [2.45, 2.75) is 6.61 Å². The van der Waals surface area contributed by atoms with Crippen LogP contribution in [0.5, 0.6) is 11.5 Å². The second-order valence-electron chi connectivity index (χ2n) is 6.90. The average molecular weight is 443 g/mol. The van der Waals surface area contributed by atoms with Gasteiger partial charge in [0.2, 0.25) is 5.91 Å². The van der Waals surface area contributed by atoms with Gasteiger partial charge < -0.3 is 9.47 Å². The van der Waals surface area contributed by atoms with E-state index >= 15 is 0 Å². The van der Waals surface area contributed by atoms with Crippen molar-refractivity contribution in [2.75, 3.05) is 12.4 Å². The van der Waals surface area contributed by atoms with Crippen LogP contribution < -0.4 is 14.8 Å². The van der Waals surface area contributed by atoms with E-state index in [1.54, 1.807) is 13.2 Å². The highest BCUT2D eigenvalue weighted by Gasteiger charge is 2.10. The highest BCUT2D eigenvalue weighted by molar-refractivity contribution is 7.14. The largest absolute Gasteiger partial charge is 0.496 e. The van der Waals surface area contributed by atoms with Gasteiger partial charge in [0.1, 0.15) is 18.1 Å². The third-order valence-corrected chi connectivity index (χ3v) is 5.43. The van der Waals surface area contributed by atoms with Crippen LogP contribution in [0.4, 0.5) is 5.13 Å². The van der Waals surface area contributed by atoms with Crippen molar-refractivity contribution >= 4 is 28.5 Å². The molecule has 32 heavy (non-hydrogen) atoms. The minimum absolute atomic E-state index is 0.240. The van der Waals surface area contributed by atoms with E-state index in [1.807, 2.05) is 84.2 Å². The molecule has 1 heterocycles. The lowest BCUT2D eigenvalue weighted by Crippen LogP contribution is -2.07. The maximum absolute atomic E-state index is 12.3. The molecule has 0 spiro atoms. The summed E-state index contributed by atoms with van der Waals surface area (Å²) >= 11 is 1.37. The molecule has 5 nitrogen and oxygen atoms in total. The Hall–Kier alpha value is -3.90. The van der Waals surface area contributed by atoms with Crippen LogP contribution >= 0.6 is 11.3 Å². The number of aromatic nitrogens is 1. The summed E-state index contributed by atoms with van der Waals surface area (Å²) in [5, 5.41) is 5.23. The number of nitrogens with one attached hydrogen (secondary N) is 1.